The molecular formula is C15H13ClF3N5. The van der Waals surface area contributed by atoms with Crippen molar-refractivity contribution in [3.63, 3.8) is 0 Å². The van der Waals surface area contributed by atoms with Crippen LogP contribution in [0.5, 0.6) is 0 Å². The second kappa shape index (κ2) is 5.20. The molecule has 0 spiro atoms. The summed E-state index contributed by atoms with van der Waals surface area (Å²) in [4.78, 5) is 12.4. The van der Waals surface area contributed by atoms with Gasteiger partial charge in [0.15, 0.2) is 5.82 Å². The number of alkyl halides is 3. The zero-order chi connectivity index (χ0) is 17.1. The number of imidazole rings is 2. The molecule has 9 heteroatoms. The highest BCUT2D eigenvalue weighted by Gasteiger charge is 2.33. The molecule has 0 radical (unpaired) electrons. The Hall–Kier alpha value is -2.09. The molecule has 0 aromatic carbocycles. The number of nitrogens with zero attached hydrogens (tertiary/aromatic N) is 5. The molecule has 0 saturated carbocycles. The maximum Gasteiger partial charge on any atom is 0.433 e. The maximum atomic E-state index is 12.8. The Balaban J connectivity index is 1.89. The van der Waals surface area contributed by atoms with Crippen molar-refractivity contribution >= 4 is 22.6 Å². The van der Waals surface area contributed by atoms with Crippen molar-refractivity contribution in [1.82, 2.24) is 24.1 Å². The van der Waals surface area contributed by atoms with E-state index in [1.54, 1.807) is 11.6 Å². The summed E-state index contributed by atoms with van der Waals surface area (Å²) in [6.45, 7) is 0.797. The van der Waals surface area contributed by atoms with E-state index in [0.29, 0.717) is 22.2 Å². The lowest BCUT2D eigenvalue weighted by atomic mass is 10.2. The average molecular weight is 356 g/mol. The first kappa shape index (κ1) is 15.4. The van der Waals surface area contributed by atoms with Crippen LogP contribution in [-0.2, 0) is 26.2 Å². The minimum atomic E-state index is -4.50. The Labute approximate surface area is 140 Å². The minimum absolute atomic E-state index is 0.219. The van der Waals surface area contributed by atoms with Gasteiger partial charge >= 0.3 is 6.18 Å². The van der Waals surface area contributed by atoms with Crippen molar-refractivity contribution < 1.29 is 13.2 Å². The molecule has 0 unspecified atom stereocenters. The van der Waals surface area contributed by atoms with E-state index >= 15 is 0 Å². The summed E-state index contributed by atoms with van der Waals surface area (Å²) in [5.74, 6) is 1.33. The van der Waals surface area contributed by atoms with Crippen LogP contribution in [0.2, 0.25) is 5.15 Å². The number of rotatable bonds is 1. The Morgan fingerprint density at radius 1 is 1.21 bits per heavy atom. The van der Waals surface area contributed by atoms with E-state index in [2.05, 4.69) is 15.0 Å². The Morgan fingerprint density at radius 2 is 2.00 bits per heavy atom. The maximum absolute atomic E-state index is 12.8. The lowest BCUT2D eigenvalue weighted by Gasteiger charge is -2.13. The molecule has 126 valence electrons. The quantitative estimate of drug-likeness (QED) is 0.666. The SMILES string of the molecule is Cn1c(-c2nc3n(c2Cl)CCCC3)nc2cc(C(F)(F)F)ncc21. The molecule has 0 aliphatic carbocycles. The van der Waals surface area contributed by atoms with Crippen LogP contribution in [-0.4, -0.2) is 24.1 Å². The van der Waals surface area contributed by atoms with Crippen LogP contribution in [0, 0.1) is 0 Å². The van der Waals surface area contributed by atoms with Gasteiger partial charge in [-0.25, -0.2) is 15.0 Å². The van der Waals surface area contributed by atoms with Crippen LogP contribution in [0.25, 0.3) is 22.6 Å². The number of pyridine rings is 1. The van der Waals surface area contributed by atoms with Gasteiger partial charge in [0.25, 0.3) is 0 Å². The third-order valence-electron chi connectivity index (χ3n) is 4.29. The van der Waals surface area contributed by atoms with E-state index in [-0.39, 0.29) is 5.52 Å². The highest BCUT2D eigenvalue weighted by molar-refractivity contribution is 6.32. The Morgan fingerprint density at radius 3 is 2.71 bits per heavy atom. The number of hydrogen-bond donors (Lipinski definition) is 0. The summed E-state index contributed by atoms with van der Waals surface area (Å²) in [7, 11) is 1.72. The Bertz CT molecular complexity index is 941. The molecule has 0 atom stereocenters. The zero-order valence-corrected chi connectivity index (χ0v) is 13.5. The van der Waals surface area contributed by atoms with Crippen LogP contribution in [0.15, 0.2) is 12.3 Å². The van der Waals surface area contributed by atoms with Crippen molar-refractivity contribution in [2.24, 2.45) is 7.05 Å². The van der Waals surface area contributed by atoms with Gasteiger partial charge in [-0.2, -0.15) is 13.2 Å². The fourth-order valence-electron chi connectivity index (χ4n) is 3.05. The van der Waals surface area contributed by atoms with Gasteiger partial charge < -0.3 is 9.13 Å². The Kier molecular flexibility index (Phi) is 3.35. The molecule has 5 nitrogen and oxygen atoms in total. The second-order valence-electron chi connectivity index (χ2n) is 5.83. The molecule has 0 fully saturated rings. The van der Waals surface area contributed by atoms with Crippen molar-refractivity contribution in [2.45, 2.75) is 32.0 Å². The summed E-state index contributed by atoms with van der Waals surface area (Å²) >= 11 is 6.43. The second-order valence-corrected chi connectivity index (χ2v) is 6.18. The molecule has 0 bridgehead atoms. The first-order valence-corrected chi connectivity index (χ1v) is 7.89. The van der Waals surface area contributed by atoms with E-state index in [1.807, 2.05) is 4.57 Å². The fraction of sp³-hybridized carbons (Fsp3) is 0.400. The normalized spacial score (nSPS) is 15.0. The van der Waals surface area contributed by atoms with Gasteiger partial charge in [-0.05, 0) is 18.9 Å². The predicted octanol–water partition coefficient (Wildman–Crippen LogP) is 3.84. The molecule has 0 saturated heterocycles. The summed E-state index contributed by atoms with van der Waals surface area (Å²) in [6, 6.07) is 0.947. The van der Waals surface area contributed by atoms with Crippen LogP contribution in [0.4, 0.5) is 13.2 Å². The van der Waals surface area contributed by atoms with Gasteiger partial charge in [0.05, 0.1) is 17.2 Å². The van der Waals surface area contributed by atoms with Gasteiger partial charge in [-0.3, -0.25) is 0 Å². The number of fused-ring (bicyclic) bond motifs is 2. The topological polar surface area (TPSA) is 48.5 Å². The van der Waals surface area contributed by atoms with Crippen molar-refractivity contribution in [3.05, 3.63) is 28.9 Å². The molecule has 24 heavy (non-hydrogen) atoms. The van der Waals surface area contributed by atoms with Gasteiger partial charge in [0.2, 0.25) is 0 Å². The third-order valence-corrected chi connectivity index (χ3v) is 4.67. The standard InChI is InChI=1S/C15H13ClF3N5/c1-23-9-7-20-10(15(17,18)19)6-8(9)21-14(23)12-13(16)24-5-3-2-4-11(24)22-12/h6-7H,2-5H2,1H3. The van der Waals surface area contributed by atoms with E-state index in [0.717, 1.165) is 37.7 Å². The van der Waals surface area contributed by atoms with Crippen LogP contribution < -0.4 is 0 Å². The molecule has 4 rings (SSSR count). The molecule has 0 N–H and O–H groups in total. The smallest absolute Gasteiger partial charge is 0.324 e. The number of aryl methyl sites for hydroxylation is 2. The largest absolute Gasteiger partial charge is 0.433 e. The molecule has 1 aliphatic rings. The van der Waals surface area contributed by atoms with Gasteiger partial charge in [0.1, 0.15) is 22.4 Å². The molecule has 3 aromatic heterocycles. The monoisotopic (exact) mass is 355 g/mol. The van der Waals surface area contributed by atoms with E-state index < -0.39 is 11.9 Å². The number of aromatic nitrogens is 5. The first-order valence-electron chi connectivity index (χ1n) is 7.51. The summed E-state index contributed by atoms with van der Waals surface area (Å²) < 4.78 is 42.1. The molecule has 4 heterocycles. The van der Waals surface area contributed by atoms with Crippen molar-refractivity contribution in [3.8, 4) is 11.5 Å². The first-order chi connectivity index (χ1) is 11.4. The lowest BCUT2D eigenvalue weighted by molar-refractivity contribution is -0.141. The minimum Gasteiger partial charge on any atom is -0.324 e. The number of halogens is 4. The predicted molar refractivity (Wildman–Crippen MR) is 82.7 cm³/mol. The van der Waals surface area contributed by atoms with Crippen molar-refractivity contribution in [1.29, 1.82) is 0 Å². The van der Waals surface area contributed by atoms with E-state index in [1.165, 1.54) is 6.20 Å². The van der Waals surface area contributed by atoms with Crippen LogP contribution in [0.1, 0.15) is 24.4 Å². The highest BCUT2D eigenvalue weighted by atomic mass is 35.5. The lowest BCUT2D eigenvalue weighted by Crippen LogP contribution is -2.10. The van der Waals surface area contributed by atoms with Gasteiger partial charge in [0, 0.05) is 20.0 Å². The summed E-state index contributed by atoms with van der Waals surface area (Å²) in [6.07, 6.45) is -0.406. The highest BCUT2D eigenvalue weighted by Crippen LogP contribution is 2.34. The molecule has 3 aromatic rings. The fourth-order valence-corrected chi connectivity index (χ4v) is 3.35. The average Bonchev–Trinajstić information content (AvgIpc) is 3.04. The van der Waals surface area contributed by atoms with Crippen molar-refractivity contribution in [2.75, 3.05) is 0 Å². The van der Waals surface area contributed by atoms with E-state index in [9.17, 15) is 13.2 Å². The third kappa shape index (κ3) is 2.28. The number of hydrogen-bond acceptors (Lipinski definition) is 3. The molecule has 1 aliphatic heterocycles. The van der Waals surface area contributed by atoms with Crippen LogP contribution >= 0.6 is 11.6 Å². The molecule has 0 amide bonds. The van der Waals surface area contributed by atoms with Crippen LogP contribution in [0.3, 0.4) is 0 Å². The summed E-state index contributed by atoms with van der Waals surface area (Å²) in [5.41, 5.74) is 0.257. The van der Waals surface area contributed by atoms with Gasteiger partial charge in [-0.15, -0.1) is 0 Å². The summed E-state index contributed by atoms with van der Waals surface area (Å²) in [5, 5.41) is 0.479. The van der Waals surface area contributed by atoms with E-state index in [4.69, 9.17) is 11.6 Å². The molecular weight excluding hydrogens is 343 g/mol. The zero-order valence-electron chi connectivity index (χ0n) is 12.7. The van der Waals surface area contributed by atoms with Gasteiger partial charge in [-0.1, -0.05) is 11.6 Å².